The van der Waals surface area contributed by atoms with Crippen molar-refractivity contribution in [3.05, 3.63) is 11.4 Å². The zero-order valence-electron chi connectivity index (χ0n) is 9.13. The number of carbonyl (C=O) groups is 2. The van der Waals surface area contributed by atoms with Crippen molar-refractivity contribution in [2.24, 2.45) is 0 Å². The molecule has 0 saturated heterocycles. The number of ether oxygens (including phenoxy) is 2. The molecule has 5 heteroatoms. The molecule has 86 valence electrons. The molecule has 0 aliphatic heterocycles. The predicted molar refractivity (Wildman–Crippen MR) is 51.7 cm³/mol. The average molecular weight is 218 g/mol. The van der Waals surface area contributed by atoms with Gasteiger partial charge in [-0.3, -0.25) is 0 Å². The lowest BCUT2D eigenvalue weighted by molar-refractivity contribution is -0.143. The number of halogens is 1. The smallest absolute Gasteiger partial charge is 0.367 e. The molecule has 0 N–H and O–H groups in total. The fourth-order valence-electron chi connectivity index (χ4n) is 0.925. The Hall–Kier alpha value is -1.39. The summed E-state index contributed by atoms with van der Waals surface area (Å²) >= 11 is 0. The fraction of sp³-hybridized carbons (Fsp3) is 0.600. The molecular formula is C10H15FO4. The third kappa shape index (κ3) is 4.10. The zero-order chi connectivity index (χ0) is 11.8. The van der Waals surface area contributed by atoms with E-state index in [1.807, 2.05) is 0 Å². The van der Waals surface area contributed by atoms with Gasteiger partial charge in [-0.2, -0.15) is 4.39 Å². The number of rotatable bonds is 5. The first-order chi connectivity index (χ1) is 7.08. The van der Waals surface area contributed by atoms with Crippen LogP contribution in [0.4, 0.5) is 4.39 Å². The number of hydrogen-bond donors (Lipinski definition) is 0. The maximum absolute atomic E-state index is 13.3. The van der Waals surface area contributed by atoms with Crippen LogP contribution in [0.3, 0.4) is 0 Å². The largest absolute Gasteiger partial charge is 0.463 e. The molecule has 0 aromatic rings. The normalized spacial score (nSPS) is 11.7. The van der Waals surface area contributed by atoms with Crippen LogP contribution in [0.15, 0.2) is 11.4 Å². The van der Waals surface area contributed by atoms with Crippen LogP contribution in [0, 0.1) is 0 Å². The van der Waals surface area contributed by atoms with E-state index in [0.29, 0.717) is 0 Å². The zero-order valence-corrected chi connectivity index (χ0v) is 9.13. The molecule has 0 saturated carbocycles. The fourth-order valence-corrected chi connectivity index (χ4v) is 0.925. The molecule has 0 aromatic heterocycles. The highest BCUT2D eigenvalue weighted by atomic mass is 19.1. The molecule has 0 rings (SSSR count). The van der Waals surface area contributed by atoms with Gasteiger partial charge in [-0.15, -0.1) is 0 Å². The Labute approximate surface area is 88.0 Å². The summed E-state index contributed by atoms with van der Waals surface area (Å²) < 4.78 is 22.4. The summed E-state index contributed by atoms with van der Waals surface area (Å²) in [5, 5.41) is 0. The molecule has 0 fully saturated rings. The molecule has 0 atom stereocenters. The van der Waals surface area contributed by atoms with E-state index in [4.69, 9.17) is 0 Å². The van der Waals surface area contributed by atoms with E-state index in [1.165, 1.54) is 0 Å². The molecule has 0 aliphatic rings. The maximum Gasteiger partial charge on any atom is 0.367 e. The van der Waals surface area contributed by atoms with Crippen molar-refractivity contribution in [3.8, 4) is 0 Å². The van der Waals surface area contributed by atoms with Gasteiger partial charge in [0.05, 0.1) is 18.8 Å². The highest BCUT2D eigenvalue weighted by molar-refractivity contribution is 5.98. The van der Waals surface area contributed by atoms with E-state index in [9.17, 15) is 14.0 Å². The second-order valence-electron chi connectivity index (χ2n) is 2.59. The van der Waals surface area contributed by atoms with Crippen LogP contribution < -0.4 is 0 Å². The van der Waals surface area contributed by atoms with Crippen molar-refractivity contribution in [1.82, 2.24) is 0 Å². The van der Waals surface area contributed by atoms with Gasteiger partial charge in [-0.05, 0) is 20.3 Å². The monoisotopic (exact) mass is 218 g/mol. The van der Waals surface area contributed by atoms with Crippen molar-refractivity contribution in [3.63, 3.8) is 0 Å². The van der Waals surface area contributed by atoms with Crippen LogP contribution in [0.2, 0.25) is 0 Å². The van der Waals surface area contributed by atoms with Gasteiger partial charge >= 0.3 is 11.9 Å². The Morgan fingerprint density at radius 1 is 1.00 bits per heavy atom. The minimum Gasteiger partial charge on any atom is -0.463 e. The standard InChI is InChI=1S/C10H15FO4/c1-4-7(9(12)14-5-2)8(11)10(13)15-6-3/h4-6H2,1-3H3/b8-7-. The lowest BCUT2D eigenvalue weighted by Crippen LogP contribution is -2.14. The third-order valence-corrected chi connectivity index (χ3v) is 1.59. The Balaban J connectivity index is 4.80. The summed E-state index contributed by atoms with van der Waals surface area (Å²) in [4.78, 5) is 22.2. The molecule has 0 radical (unpaired) electrons. The summed E-state index contributed by atoms with van der Waals surface area (Å²) in [6.45, 7) is 4.92. The topological polar surface area (TPSA) is 52.6 Å². The SMILES string of the molecule is CCOC(=O)/C(F)=C(\CC)C(=O)OCC. The van der Waals surface area contributed by atoms with Gasteiger partial charge in [0, 0.05) is 0 Å². The van der Waals surface area contributed by atoms with Gasteiger partial charge in [0.15, 0.2) is 0 Å². The quantitative estimate of drug-likeness (QED) is 0.521. The Kier molecular flexibility index (Phi) is 6.33. The van der Waals surface area contributed by atoms with Gasteiger partial charge in [-0.25, -0.2) is 9.59 Å². The molecular weight excluding hydrogens is 203 g/mol. The summed E-state index contributed by atoms with van der Waals surface area (Å²) in [6, 6.07) is 0. The molecule has 0 aromatic carbocycles. The third-order valence-electron chi connectivity index (χ3n) is 1.59. The van der Waals surface area contributed by atoms with Gasteiger partial charge in [-0.1, -0.05) is 6.92 Å². The predicted octanol–water partition coefficient (Wildman–Crippen LogP) is 1.75. The van der Waals surface area contributed by atoms with Gasteiger partial charge < -0.3 is 9.47 Å². The summed E-state index contributed by atoms with van der Waals surface area (Å²) in [5.74, 6) is -3.11. The summed E-state index contributed by atoms with van der Waals surface area (Å²) in [6.07, 6.45) is 0.0868. The van der Waals surface area contributed by atoms with Crippen molar-refractivity contribution in [1.29, 1.82) is 0 Å². The lowest BCUT2D eigenvalue weighted by Gasteiger charge is -2.06. The molecule has 4 nitrogen and oxygen atoms in total. The van der Waals surface area contributed by atoms with E-state index in [-0.39, 0.29) is 25.2 Å². The molecule has 0 aliphatic carbocycles. The molecule has 0 heterocycles. The molecule has 0 spiro atoms. The Morgan fingerprint density at radius 3 is 1.87 bits per heavy atom. The van der Waals surface area contributed by atoms with Crippen molar-refractivity contribution in [2.45, 2.75) is 27.2 Å². The van der Waals surface area contributed by atoms with E-state index in [2.05, 4.69) is 9.47 Å². The van der Waals surface area contributed by atoms with Crippen LogP contribution in [-0.4, -0.2) is 25.2 Å². The Morgan fingerprint density at radius 2 is 1.47 bits per heavy atom. The minimum absolute atomic E-state index is 0.0616. The molecule has 0 unspecified atom stereocenters. The van der Waals surface area contributed by atoms with Crippen LogP contribution in [0.5, 0.6) is 0 Å². The highest BCUT2D eigenvalue weighted by Gasteiger charge is 2.21. The summed E-state index contributed by atoms with van der Waals surface area (Å²) in [7, 11) is 0. The van der Waals surface area contributed by atoms with Gasteiger partial charge in [0.1, 0.15) is 0 Å². The first-order valence-electron chi connectivity index (χ1n) is 4.81. The van der Waals surface area contributed by atoms with Gasteiger partial charge in [0.2, 0.25) is 5.83 Å². The van der Waals surface area contributed by atoms with Crippen molar-refractivity contribution >= 4 is 11.9 Å². The van der Waals surface area contributed by atoms with Crippen LogP contribution in [0.1, 0.15) is 27.2 Å². The van der Waals surface area contributed by atoms with Crippen LogP contribution in [-0.2, 0) is 19.1 Å². The van der Waals surface area contributed by atoms with Crippen molar-refractivity contribution in [2.75, 3.05) is 13.2 Å². The first kappa shape index (κ1) is 13.6. The lowest BCUT2D eigenvalue weighted by atomic mass is 10.2. The van der Waals surface area contributed by atoms with Crippen LogP contribution in [0.25, 0.3) is 0 Å². The van der Waals surface area contributed by atoms with E-state index in [0.717, 1.165) is 0 Å². The van der Waals surface area contributed by atoms with Crippen LogP contribution >= 0.6 is 0 Å². The second-order valence-corrected chi connectivity index (χ2v) is 2.59. The van der Waals surface area contributed by atoms with E-state index >= 15 is 0 Å². The average Bonchev–Trinajstić information content (AvgIpc) is 2.19. The molecule has 15 heavy (non-hydrogen) atoms. The first-order valence-corrected chi connectivity index (χ1v) is 4.81. The van der Waals surface area contributed by atoms with Gasteiger partial charge in [0.25, 0.3) is 0 Å². The molecule has 0 amide bonds. The number of hydrogen-bond acceptors (Lipinski definition) is 4. The second kappa shape index (κ2) is 6.98. The van der Waals surface area contributed by atoms with E-state index < -0.39 is 17.8 Å². The Bertz CT molecular complexity index is 271. The minimum atomic E-state index is -1.17. The highest BCUT2D eigenvalue weighted by Crippen LogP contribution is 2.13. The van der Waals surface area contributed by atoms with Crippen molar-refractivity contribution < 1.29 is 23.5 Å². The maximum atomic E-state index is 13.3. The molecule has 0 bridgehead atoms. The van der Waals surface area contributed by atoms with E-state index in [1.54, 1.807) is 20.8 Å². The number of esters is 2. The number of carbonyl (C=O) groups excluding carboxylic acids is 2. The summed E-state index contributed by atoms with van der Waals surface area (Å²) in [5.41, 5.74) is -0.282.